The molecule has 3 aliphatic rings. The minimum absolute atomic E-state index is 0.387. The Morgan fingerprint density at radius 3 is 2.43 bits per heavy atom. The molecule has 2 bridgehead atoms. The zero-order chi connectivity index (χ0) is 9.38. The van der Waals surface area contributed by atoms with Gasteiger partial charge in [0.1, 0.15) is 0 Å². The molecule has 3 aliphatic heterocycles. The summed E-state index contributed by atoms with van der Waals surface area (Å²) in [6.07, 6.45) is 7.12. The molecular weight excluding hydrogens is 178 g/mol. The summed E-state index contributed by atoms with van der Waals surface area (Å²) < 4.78 is 11.4. The van der Waals surface area contributed by atoms with E-state index in [-0.39, 0.29) is 0 Å². The van der Waals surface area contributed by atoms with Gasteiger partial charge in [0.05, 0.1) is 18.8 Å². The molecular formula is C11H19NO2. The van der Waals surface area contributed by atoms with Gasteiger partial charge >= 0.3 is 0 Å². The smallest absolute Gasteiger partial charge is 0.0834 e. The lowest BCUT2D eigenvalue weighted by atomic mass is 10.0. The fraction of sp³-hybridized carbons (Fsp3) is 1.00. The molecule has 0 aromatic rings. The molecule has 3 rings (SSSR count). The molecule has 3 nitrogen and oxygen atoms in total. The van der Waals surface area contributed by atoms with Crippen molar-refractivity contribution in [2.45, 2.75) is 56.4 Å². The lowest BCUT2D eigenvalue weighted by Crippen LogP contribution is -2.42. The third-order valence-electron chi connectivity index (χ3n) is 3.70. The summed E-state index contributed by atoms with van der Waals surface area (Å²) >= 11 is 0. The van der Waals surface area contributed by atoms with Crippen molar-refractivity contribution < 1.29 is 9.47 Å². The third-order valence-corrected chi connectivity index (χ3v) is 3.70. The zero-order valence-corrected chi connectivity index (χ0v) is 8.58. The molecule has 3 saturated heterocycles. The Kier molecular flexibility index (Phi) is 2.48. The van der Waals surface area contributed by atoms with E-state index in [9.17, 15) is 0 Å². The van der Waals surface area contributed by atoms with Gasteiger partial charge in [-0.3, -0.25) is 0 Å². The highest BCUT2D eigenvalue weighted by Gasteiger charge is 2.35. The van der Waals surface area contributed by atoms with Crippen LogP contribution >= 0.6 is 0 Å². The van der Waals surface area contributed by atoms with Crippen LogP contribution in [0.15, 0.2) is 0 Å². The van der Waals surface area contributed by atoms with Crippen LogP contribution in [0.25, 0.3) is 0 Å². The van der Waals surface area contributed by atoms with Crippen LogP contribution in [0, 0.1) is 0 Å². The summed E-state index contributed by atoms with van der Waals surface area (Å²) in [6, 6.07) is 1.47. The monoisotopic (exact) mass is 197 g/mol. The van der Waals surface area contributed by atoms with Crippen molar-refractivity contribution in [3.05, 3.63) is 0 Å². The summed E-state index contributed by atoms with van der Waals surface area (Å²) in [4.78, 5) is 0. The molecule has 0 aromatic carbocycles. The predicted octanol–water partition coefficient (Wildman–Crippen LogP) is 1.07. The first-order valence-corrected chi connectivity index (χ1v) is 5.89. The first-order valence-electron chi connectivity index (χ1n) is 5.89. The van der Waals surface area contributed by atoms with Crippen molar-refractivity contribution in [2.24, 2.45) is 0 Å². The van der Waals surface area contributed by atoms with E-state index in [4.69, 9.17) is 9.47 Å². The fourth-order valence-corrected chi connectivity index (χ4v) is 3.01. The molecule has 0 aliphatic carbocycles. The maximum atomic E-state index is 6.07. The largest absolute Gasteiger partial charge is 0.379 e. The maximum absolute atomic E-state index is 6.07. The number of piperidine rings is 1. The van der Waals surface area contributed by atoms with Crippen molar-refractivity contribution in [3.8, 4) is 0 Å². The first kappa shape index (κ1) is 9.13. The number of hydrogen-bond acceptors (Lipinski definition) is 3. The van der Waals surface area contributed by atoms with E-state index >= 15 is 0 Å². The lowest BCUT2D eigenvalue weighted by molar-refractivity contribution is -0.0370. The molecule has 3 unspecified atom stereocenters. The number of ether oxygens (including phenoxy) is 2. The zero-order valence-electron chi connectivity index (χ0n) is 8.58. The maximum Gasteiger partial charge on any atom is 0.0834 e. The van der Waals surface area contributed by atoms with Gasteiger partial charge in [-0.2, -0.15) is 0 Å². The molecule has 80 valence electrons. The normalized spacial score (nSPS) is 47.1. The van der Waals surface area contributed by atoms with Gasteiger partial charge in [-0.05, 0) is 32.1 Å². The average molecular weight is 197 g/mol. The highest BCUT2D eigenvalue weighted by Crippen LogP contribution is 2.29. The van der Waals surface area contributed by atoms with E-state index in [1.165, 1.54) is 25.7 Å². The van der Waals surface area contributed by atoms with Crippen LogP contribution in [0.3, 0.4) is 0 Å². The molecule has 0 aromatic heterocycles. The van der Waals surface area contributed by atoms with Crippen LogP contribution in [0.2, 0.25) is 0 Å². The SMILES string of the molecule is C1CC(OC2CC3CCC(C2)N3)CO1. The second-order valence-corrected chi connectivity index (χ2v) is 4.85. The Labute approximate surface area is 85.1 Å². The van der Waals surface area contributed by atoms with E-state index in [2.05, 4.69) is 5.32 Å². The highest BCUT2D eigenvalue weighted by molar-refractivity contribution is 4.93. The summed E-state index contributed by atoms with van der Waals surface area (Å²) in [5.41, 5.74) is 0. The minimum Gasteiger partial charge on any atom is -0.379 e. The number of hydrogen-bond donors (Lipinski definition) is 1. The van der Waals surface area contributed by atoms with Gasteiger partial charge in [-0.15, -0.1) is 0 Å². The Morgan fingerprint density at radius 2 is 1.79 bits per heavy atom. The van der Waals surface area contributed by atoms with Crippen LogP contribution < -0.4 is 5.32 Å². The second kappa shape index (κ2) is 3.80. The fourth-order valence-electron chi connectivity index (χ4n) is 3.01. The molecule has 1 N–H and O–H groups in total. The van der Waals surface area contributed by atoms with Gasteiger partial charge in [-0.25, -0.2) is 0 Å². The van der Waals surface area contributed by atoms with Gasteiger partial charge in [-0.1, -0.05) is 0 Å². The van der Waals surface area contributed by atoms with Crippen molar-refractivity contribution in [2.75, 3.05) is 13.2 Å². The molecule has 3 atom stereocenters. The van der Waals surface area contributed by atoms with Gasteiger partial charge < -0.3 is 14.8 Å². The van der Waals surface area contributed by atoms with Crippen LogP contribution in [0.4, 0.5) is 0 Å². The summed E-state index contributed by atoms with van der Waals surface area (Å²) in [5.74, 6) is 0. The molecule has 3 fully saturated rings. The predicted molar refractivity (Wildman–Crippen MR) is 53.3 cm³/mol. The van der Waals surface area contributed by atoms with Crippen molar-refractivity contribution in [1.29, 1.82) is 0 Å². The molecule has 0 amide bonds. The van der Waals surface area contributed by atoms with E-state index in [1.807, 2.05) is 0 Å². The molecule has 3 heteroatoms. The van der Waals surface area contributed by atoms with Crippen LogP contribution in [0.1, 0.15) is 32.1 Å². The minimum atomic E-state index is 0.387. The Bertz CT molecular complexity index is 191. The van der Waals surface area contributed by atoms with Crippen molar-refractivity contribution in [3.63, 3.8) is 0 Å². The summed E-state index contributed by atoms with van der Waals surface area (Å²) in [5, 5.41) is 3.63. The van der Waals surface area contributed by atoms with Gasteiger partial charge in [0.2, 0.25) is 0 Å². The Balaban J connectivity index is 1.53. The van der Waals surface area contributed by atoms with Crippen molar-refractivity contribution in [1.82, 2.24) is 5.32 Å². The summed E-state index contributed by atoms with van der Waals surface area (Å²) in [6.45, 7) is 1.71. The summed E-state index contributed by atoms with van der Waals surface area (Å²) in [7, 11) is 0. The topological polar surface area (TPSA) is 30.5 Å². The molecule has 3 heterocycles. The Hall–Kier alpha value is -0.120. The van der Waals surface area contributed by atoms with Crippen LogP contribution in [0.5, 0.6) is 0 Å². The van der Waals surface area contributed by atoms with Gasteiger partial charge in [0, 0.05) is 18.7 Å². The van der Waals surface area contributed by atoms with Crippen LogP contribution in [-0.2, 0) is 9.47 Å². The van der Waals surface area contributed by atoms with Crippen molar-refractivity contribution >= 4 is 0 Å². The van der Waals surface area contributed by atoms with Gasteiger partial charge in [0.15, 0.2) is 0 Å². The number of nitrogens with one attached hydrogen (secondary N) is 1. The molecule has 14 heavy (non-hydrogen) atoms. The first-order chi connectivity index (χ1) is 6.90. The molecule has 0 radical (unpaired) electrons. The van der Waals surface area contributed by atoms with Gasteiger partial charge in [0.25, 0.3) is 0 Å². The average Bonchev–Trinajstić information content (AvgIpc) is 2.77. The number of fused-ring (bicyclic) bond motifs is 2. The Morgan fingerprint density at radius 1 is 1.00 bits per heavy atom. The van der Waals surface area contributed by atoms with Crippen LogP contribution in [-0.4, -0.2) is 37.5 Å². The quantitative estimate of drug-likeness (QED) is 0.718. The standard InChI is InChI=1S/C11H19NO2/c1-2-9-6-11(5-8(1)12-9)14-10-3-4-13-7-10/h8-12H,1-7H2. The lowest BCUT2D eigenvalue weighted by Gasteiger charge is -2.30. The molecule has 0 saturated carbocycles. The van der Waals surface area contributed by atoms with E-state index in [0.717, 1.165) is 31.7 Å². The highest BCUT2D eigenvalue weighted by atomic mass is 16.5. The second-order valence-electron chi connectivity index (χ2n) is 4.85. The third kappa shape index (κ3) is 1.81. The van der Waals surface area contributed by atoms with E-state index in [1.54, 1.807) is 0 Å². The van der Waals surface area contributed by atoms with E-state index < -0.39 is 0 Å². The number of rotatable bonds is 2. The van der Waals surface area contributed by atoms with E-state index in [0.29, 0.717) is 12.2 Å². The molecule has 0 spiro atoms.